The number of halogens is 2. The SMILES string of the molecule is O=[N+]([O-])c1cnc2cc(Cl)ccc2c1Cl. The van der Waals surface area contributed by atoms with Crippen molar-refractivity contribution in [3.8, 4) is 0 Å². The molecule has 0 unspecified atom stereocenters. The first-order valence-electron chi connectivity index (χ1n) is 3.98. The molecule has 0 bridgehead atoms. The Morgan fingerprint density at radius 2 is 2.07 bits per heavy atom. The van der Waals surface area contributed by atoms with Gasteiger partial charge in [-0.25, -0.2) is 4.98 Å². The van der Waals surface area contributed by atoms with Crippen molar-refractivity contribution in [1.82, 2.24) is 4.98 Å². The van der Waals surface area contributed by atoms with Crippen LogP contribution in [-0.2, 0) is 0 Å². The lowest BCUT2D eigenvalue weighted by Gasteiger charge is -2.00. The van der Waals surface area contributed by atoms with Crippen LogP contribution in [0.15, 0.2) is 24.4 Å². The second-order valence-corrected chi connectivity index (χ2v) is 3.69. The van der Waals surface area contributed by atoms with E-state index in [-0.39, 0.29) is 10.7 Å². The zero-order valence-corrected chi connectivity index (χ0v) is 8.79. The molecule has 0 aliphatic rings. The van der Waals surface area contributed by atoms with E-state index in [2.05, 4.69) is 4.98 Å². The molecule has 0 radical (unpaired) electrons. The minimum atomic E-state index is -0.566. The first-order chi connectivity index (χ1) is 7.09. The van der Waals surface area contributed by atoms with E-state index in [0.717, 1.165) is 6.20 Å². The van der Waals surface area contributed by atoms with Crippen LogP contribution in [0.1, 0.15) is 0 Å². The highest BCUT2D eigenvalue weighted by Crippen LogP contribution is 2.31. The van der Waals surface area contributed by atoms with Crippen molar-refractivity contribution >= 4 is 39.8 Å². The highest BCUT2D eigenvalue weighted by molar-refractivity contribution is 6.38. The number of fused-ring (bicyclic) bond motifs is 1. The van der Waals surface area contributed by atoms with Gasteiger partial charge in [-0.05, 0) is 18.2 Å². The summed E-state index contributed by atoms with van der Waals surface area (Å²) < 4.78 is 0. The van der Waals surface area contributed by atoms with Gasteiger partial charge in [0.05, 0.1) is 10.4 Å². The maximum absolute atomic E-state index is 10.6. The van der Waals surface area contributed by atoms with Gasteiger partial charge in [-0.15, -0.1) is 0 Å². The number of nitro groups is 1. The third-order valence-corrected chi connectivity index (χ3v) is 2.58. The Morgan fingerprint density at radius 3 is 2.73 bits per heavy atom. The Bertz CT molecular complexity index is 557. The Morgan fingerprint density at radius 1 is 1.33 bits per heavy atom. The van der Waals surface area contributed by atoms with Gasteiger partial charge >= 0.3 is 5.69 Å². The molecule has 6 heteroatoms. The van der Waals surface area contributed by atoms with E-state index in [0.29, 0.717) is 15.9 Å². The molecule has 2 rings (SSSR count). The molecule has 0 atom stereocenters. The Kier molecular flexibility index (Phi) is 2.46. The summed E-state index contributed by atoms with van der Waals surface area (Å²) in [6, 6.07) is 4.83. The molecule has 0 aliphatic carbocycles. The first kappa shape index (κ1) is 10.1. The number of rotatable bonds is 1. The molecule has 1 aromatic carbocycles. The van der Waals surface area contributed by atoms with Crippen LogP contribution >= 0.6 is 23.2 Å². The smallest absolute Gasteiger partial charge is 0.258 e. The van der Waals surface area contributed by atoms with E-state index in [1.165, 1.54) is 0 Å². The Labute approximate surface area is 94.6 Å². The number of aromatic nitrogens is 1. The minimum absolute atomic E-state index is 0.0849. The second kappa shape index (κ2) is 3.64. The fourth-order valence-electron chi connectivity index (χ4n) is 1.25. The summed E-state index contributed by atoms with van der Waals surface area (Å²) >= 11 is 11.6. The van der Waals surface area contributed by atoms with E-state index in [4.69, 9.17) is 23.2 Å². The van der Waals surface area contributed by atoms with E-state index >= 15 is 0 Å². The predicted octanol–water partition coefficient (Wildman–Crippen LogP) is 3.45. The molecule has 1 heterocycles. The van der Waals surface area contributed by atoms with Gasteiger partial charge in [0.1, 0.15) is 11.2 Å². The lowest BCUT2D eigenvalue weighted by molar-refractivity contribution is -0.384. The van der Waals surface area contributed by atoms with Crippen LogP contribution < -0.4 is 0 Å². The molecule has 1 aromatic heterocycles. The molecule has 15 heavy (non-hydrogen) atoms. The summed E-state index contributed by atoms with van der Waals surface area (Å²) in [5, 5.41) is 11.7. The topological polar surface area (TPSA) is 56.0 Å². The van der Waals surface area contributed by atoms with Gasteiger partial charge in [0.2, 0.25) is 0 Å². The van der Waals surface area contributed by atoms with Gasteiger partial charge < -0.3 is 0 Å². The van der Waals surface area contributed by atoms with Crippen molar-refractivity contribution < 1.29 is 4.92 Å². The average molecular weight is 243 g/mol. The largest absolute Gasteiger partial charge is 0.306 e. The van der Waals surface area contributed by atoms with Crippen LogP contribution in [0, 0.1) is 10.1 Å². The molecule has 0 saturated heterocycles. The molecule has 0 saturated carbocycles. The normalized spacial score (nSPS) is 10.5. The van der Waals surface area contributed by atoms with Crippen molar-refractivity contribution in [2.75, 3.05) is 0 Å². The summed E-state index contributed by atoms with van der Waals surface area (Å²) in [6.07, 6.45) is 1.13. The van der Waals surface area contributed by atoms with E-state index in [1.807, 2.05) is 0 Å². The highest BCUT2D eigenvalue weighted by atomic mass is 35.5. The number of hydrogen-bond donors (Lipinski definition) is 0. The molecule has 4 nitrogen and oxygen atoms in total. The summed E-state index contributed by atoms with van der Waals surface area (Å²) in [6.45, 7) is 0. The molecule has 2 aromatic rings. The van der Waals surface area contributed by atoms with Gasteiger partial charge in [0.15, 0.2) is 0 Å². The minimum Gasteiger partial charge on any atom is -0.258 e. The third-order valence-electron chi connectivity index (χ3n) is 1.94. The standard InChI is InChI=1S/C9H4Cl2N2O2/c10-5-1-2-6-7(3-5)12-4-8(9(6)11)13(14)15/h1-4H. The lowest BCUT2D eigenvalue weighted by atomic mass is 10.2. The molecule has 76 valence electrons. The average Bonchev–Trinajstić information content (AvgIpc) is 2.17. The molecular formula is C9H4Cl2N2O2. The zero-order chi connectivity index (χ0) is 11.0. The number of benzene rings is 1. The molecule has 0 amide bonds. The first-order valence-corrected chi connectivity index (χ1v) is 4.73. The van der Waals surface area contributed by atoms with Crippen LogP contribution in [0.5, 0.6) is 0 Å². The maximum Gasteiger partial charge on any atom is 0.306 e. The van der Waals surface area contributed by atoms with Gasteiger partial charge in [-0.3, -0.25) is 10.1 Å². The second-order valence-electron chi connectivity index (χ2n) is 2.88. The van der Waals surface area contributed by atoms with Gasteiger partial charge in [0.25, 0.3) is 0 Å². The zero-order valence-electron chi connectivity index (χ0n) is 7.28. The van der Waals surface area contributed by atoms with Crippen LogP contribution in [0.4, 0.5) is 5.69 Å². The molecule has 0 spiro atoms. The van der Waals surface area contributed by atoms with Crippen molar-refractivity contribution in [2.24, 2.45) is 0 Å². The van der Waals surface area contributed by atoms with Crippen LogP contribution in [0.25, 0.3) is 10.9 Å². The molecule has 0 aliphatic heterocycles. The fourth-order valence-corrected chi connectivity index (χ4v) is 1.69. The Hall–Kier alpha value is -1.39. The Balaban J connectivity index is 2.80. The lowest BCUT2D eigenvalue weighted by Crippen LogP contribution is -1.91. The van der Waals surface area contributed by atoms with Gasteiger partial charge in [-0.2, -0.15) is 0 Å². The van der Waals surface area contributed by atoms with Gasteiger partial charge in [-0.1, -0.05) is 23.2 Å². The number of hydrogen-bond acceptors (Lipinski definition) is 3. The van der Waals surface area contributed by atoms with Crippen molar-refractivity contribution in [3.63, 3.8) is 0 Å². The van der Waals surface area contributed by atoms with Crippen molar-refractivity contribution in [1.29, 1.82) is 0 Å². The molecular weight excluding hydrogens is 239 g/mol. The number of pyridine rings is 1. The van der Waals surface area contributed by atoms with E-state index in [9.17, 15) is 10.1 Å². The quantitative estimate of drug-likeness (QED) is 0.569. The van der Waals surface area contributed by atoms with Gasteiger partial charge in [0, 0.05) is 10.4 Å². The maximum atomic E-state index is 10.6. The summed E-state index contributed by atoms with van der Waals surface area (Å²) in [7, 11) is 0. The number of nitrogens with zero attached hydrogens (tertiary/aromatic N) is 2. The van der Waals surface area contributed by atoms with Crippen molar-refractivity contribution in [3.05, 3.63) is 44.6 Å². The van der Waals surface area contributed by atoms with Crippen LogP contribution in [-0.4, -0.2) is 9.91 Å². The van der Waals surface area contributed by atoms with Crippen LogP contribution in [0.3, 0.4) is 0 Å². The predicted molar refractivity (Wildman–Crippen MR) is 58.4 cm³/mol. The van der Waals surface area contributed by atoms with E-state index in [1.54, 1.807) is 18.2 Å². The van der Waals surface area contributed by atoms with Crippen LogP contribution in [0.2, 0.25) is 10.0 Å². The molecule has 0 N–H and O–H groups in total. The summed E-state index contributed by atoms with van der Waals surface area (Å²) in [4.78, 5) is 13.9. The highest BCUT2D eigenvalue weighted by Gasteiger charge is 2.15. The summed E-state index contributed by atoms with van der Waals surface area (Å²) in [5.74, 6) is 0. The monoisotopic (exact) mass is 242 g/mol. The molecule has 0 fully saturated rings. The van der Waals surface area contributed by atoms with Crippen molar-refractivity contribution in [2.45, 2.75) is 0 Å². The summed E-state index contributed by atoms with van der Waals surface area (Å²) in [5.41, 5.74) is 0.338. The third kappa shape index (κ3) is 1.73. The fraction of sp³-hybridized carbons (Fsp3) is 0. The van der Waals surface area contributed by atoms with E-state index < -0.39 is 4.92 Å².